The van der Waals surface area contributed by atoms with Gasteiger partial charge in [-0.1, -0.05) is 0 Å². The fourth-order valence-corrected chi connectivity index (χ4v) is 1.32. The molecule has 0 aromatic heterocycles. The van der Waals surface area contributed by atoms with E-state index in [9.17, 15) is 19.5 Å². The molecule has 2 amide bonds. The molecule has 4 N–H and O–H groups in total. The highest BCUT2D eigenvalue weighted by Gasteiger charge is 2.10. The zero-order valence-corrected chi connectivity index (χ0v) is 10.7. The summed E-state index contributed by atoms with van der Waals surface area (Å²) in [6.45, 7) is 0.0759. The number of urea groups is 1. The van der Waals surface area contributed by atoms with Crippen LogP contribution in [0.2, 0.25) is 0 Å². The number of phenols is 1. The van der Waals surface area contributed by atoms with Crippen LogP contribution in [0.25, 0.3) is 0 Å². The van der Waals surface area contributed by atoms with Crippen LogP contribution < -0.4 is 10.6 Å². The molecule has 8 nitrogen and oxygen atoms in total. The minimum atomic E-state index is -1.19. The van der Waals surface area contributed by atoms with Crippen molar-refractivity contribution in [1.82, 2.24) is 5.32 Å². The number of ether oxygens (including phenoxy) is 1. The van der Waals surface area contributed by atoms with Crippen LogP contribution in [0.4, 0.5) is 10.5 Å². The molecule has 0 saturated carbocycles. The Bertz CT molecular complexity index is 529. The number of carbonyl (C=O) groups excluding carboxylic acids is 2. The van der Waals surface area contributed by atoms with Gasteiger partial charge in [-0.2, -0.15) is 0 Å². The van der Waals surface area contributed by atoms with Gasteiger partial charge >= 0.3 is 18.0 Å². The summed E-state index contributed by atoms with van der Waals surface area (Å²) in [5.41, 5.74) is -0.0373. The Morgan fingerprint density at radius 3 is 2.55 bits per heavy atom. The molecule has 8 heteroatoms. The molecular formula is C12H14N2O6. The van der Waals surface area contributed by atoms with Crippen LogP contribution in [0.5, 0.6) is 5.75 Å². The molecule has 0 bridgehead atoms. The Balaban J connectivity index is 2.54. The number of carbonyl (C=O) groups is 3. The molecule has 0 radical (unpaired) electrons. The lowest BCUT2D eigenvalue weighted by Crippen LogP contribution is -2.30. The van der Waals surface area contributed by atoms with E-state index in [1.807, 2.05) is 0 Å². The van der Waals surface area contributed by atoms with Gasteiger partial charge in [-0.25, -0.2) is 9.59 Å². The number of carboxylic acids is 1. The van der Waals surface area contributed by atoms with Crippen molar-refractivity contribution in [2.45, 2.75) is 6.42 Å². The monoisotopic (exact) mass is 282 g/mol. The number of aromatic hydroxyl groups is 1. The van der Waals surface area contributed by atoms with Crippen LogP contribution in [-0.4, -0.2) is 41.8 Å². The standard InChI is InChI=1S/C12H14N2O6/c1-20-10(16)4-5-13-12(19)14-8-3-2-7(11(17)18)6-9(8)15/h2-3,6,15H,4-5H2,1H3,(H,17,18)(H2,13,14,19). The molecule has 0 aliphatic rings. The maximum Gasteiger partial charge on any atom is 0.335 e. The highest BCUT2D eigenvalue weighted by molar-refractivity contribution is 5.93. The first kappa shape index (κ1) is 15.3. The van der Waals surface area contributed by atoms with Crippen molar-refractivity contribution in [1.29, 1.82) is 0 Å². The van der Waals surface area contributed by atoms with Crippen LogP contribution in [0, 0.1) is 0 Å². The smallest absolute Gasteiger partial charge is 0.335 e. The van der Waals surface area contributed by atoms with Crippen LogP contribution in [-0.2, 0) is 9.53 Å². The van der Waals surface area contributed by atoms with Gasteiger partial charge in [0.1, 0.15) is 5.75 Å². The van der Waals surface area contributed by atoms with Crippen LogP contribution in [0.3, 0.4) is 0 Å². The van der Waals surface area contributed by atoms with E-state index in [1.165, 1.54) is 19.2 Å². The van der Waals surface area contributed by atoms with Gasteiger partial charge < -0.3 is 25.6 Å². The summed E-state index contributed by atoms with van der Waals surface area (Å²) in [5, 5.41) is 23.0. The number of nitrogens with one attached hydrogen (secondary N) is 2. The SMILES string of the molecule is COC(=O)CCNC(=O)Nc1ccc(C(=O)O)cc1O. The number of benzene rings is 1. The molecular weight excluding hydrogens is 268 g/mol. The summed E-state index contributed by atoms with van der Waals surface area (Å²) in [4.78, 5) is 32.9. The maximum atomic E-state index is 11.5. The van der Waals surface area contributed by atoms with E-state index in [0.717, 1.165) is 6.07 Å². The lowest BCUT2D eigenvalue weighted by molar-refractivity contribution is -0.140. The summed E-state index contributed by atoms with van der Waals surface area (Å²) in [7, 11) is 1.24. The van der Waals surface area contributed by atoms with Gasteiger partial charge in [-0.3, -0.25) is 4.79 Å². The topological polar surface area (TPSA) is 125 Å². The van der Waals surface area contributed by atoms with Crippen molar-refractivity contribution in [2.24, 2.45) is 0 Å². The fraction of sp³-hybridized carbons (Fsp3) is 0.250. The van der Waals surface area contributed by atoms with E-state index in [4.69, 9.17) is 5.11 Å². The predicted octanol–water partition coefficient (Wildman–Crippen LogP) is 0.775. The van der Waals surface area contributed by atoms with Gasteiger partial charge in [0, 0.05) is 6.54 Å². The third-order valence-electron chi connectivity index (χ3n) is 2.34. The molecule has 1 rings (SSSR count). The lowest BCUT2D eigenvalue weighted by atomic mass is 10.2. The van der Waals surface area contributed by atoms with Crippen LogP contribution in [0.15, 0.2) is 18.2 Å². The zero-order chi connectivity index (χ0) is 15.1. The fourth-order valence-electron chi connectivity index (χ4n) is 1.32. The highest BCUT2D eigenvalue weighted by atomic mass is 16.5. The molecule has 1 aromatic rings. The number of anilines is 1. The number of hydrogen-bond acceptors (Lipinski definition) is 5. The Hall–Kier alpha value is -2.77. The minimum Gasteiger partial charge on any atom is -0.506 e. The average Bonchev–Trinajstić information content (AvgIpc) is 2.40. The third-order valence-corrected chi connectivity index (χ3v) is 2.34. The Labute approximate surface area is 114 Å². The highest BCUT2D eigenvalue weighted by Crippen LogP contribution is 2.24. The lowest BCUT2D eigenvalue weighted by Gasteiger charge is -2.09. The van der Waals surface area contributed by atoms with Crippen molar-refractivity contribution in [3.8, 4) is 5.75 Å². The van der Waals surface area contributed by atoms with Gasteiger partial charge in [0.2, 0.25) is 0 Å². The molecule has 0 heterocycles. The van der Waals surface area contributed by atoms with Crippen LogP contribution >= 0.6 is 0 Å². The molecule has 0 aliphatic heterocycles. The zero-order valence-electron chi connectivity index (χ0n) is 10.7. The van der Waals surface area contributed by atoms with E-state index in [0.29, 0.717) is 0 Å². The van der Waals surface area contributed by atoms with Gasteiger partial charge in [0.15, 0.2) is 0 Å². The predicted molar refractivity (Wildman–Crippen MR) is 68.7 cm³/mol. The number of phenolic OH excluding ortho intramolecular Hbond substituents is 1. The molecule has 0 spiro atoms. The Morgan fingerprint density at radius 2 is 2.00 bits per heavy atom. The molecule has 1 aromatic carbocycles. The van der Waals surface area contributed by atoms with Gasteiger partial charge in [-0.05, 0) is 18.2 Å². The normalized spacial score (nSPS) is 9.65. The van der Waals surface area contributed by atoms with Gasteiger partial charge in [0.25, 0.3) is 0 Å². The quantitative estimate of drug-likeness (QED) is 0.467. The van der Waals surface area contributed by atoms with E-state index in [1.54, 1.807) is 0 Å². The largest absolute Gasteiger partial charge is 0.506 e. The van der Waals surface area contributed by atoms with Gasteiger partial charge in [0.05, 0.1) is 24.8 Å². The second-order valence-electron chi connectivity index (χ2n) is 3.74. The van der Waals surface area contributed by atoms with Crippen molar-refractivity contribution < 1.29 is 29.3 Å². The van der Waals surface area contributed by atoms with Gasteiger partial charge in [-0.15, -0.1) is 0 Å². The van der Waals surface area contributed by atoms with Crippen molar-refractivity contribution in [3.05, 3.63) is 23.8 Å². The van der Waals surface area contributed by atoms with Crippen molar-refractivity contribution in [2.75, 3.05) is 19.0 Å². The number of amides is 2. The molecule has 20 heavy (non-hydrogen) atoms. The van der Waals surface area contributed by atoms with E-state index < -0.39 is 18.0 Å². The second kappa shape index (κ2) is 6.98. The number of aromatic carboxylic acids is 1. The van der Waals surface area contributed by atoms with E-state index in [-0.39, 0.29) is 30.0 Å². The van der Waals surface area contributed by atoms with Crippen molar-refractivity contribution >= 4 is 23.7 Å². The van der Waals surface area contributed by atoms with Crippen molar-refractivity contribution in [3.63, 3.8) is 0 Å². The van der Waals surface area contributed by atoms with E-state index in [2.05, 4.69) is 15.4 Å². The number of hydrogen-bond donors (Lipinski definition) is 4. The van der Waals surface area contributed by atoms with E-state index >= 15 is 0 Å². The molecule has 0 saturated heterocycles. The number of carboxylic acid groups (broad SMARTS) is 1. The molecule has 108 valence electrons. The maximum absolute atomic E-state index is 11.5. The Kier molecular flexibility index (Phi) is 5.33. The summed E-state index contributed by atoms with van der Waals surface area (Å²) in [5.74, 6) is -2.01. The Morgan fingerprint density at radius 1 is 1.30 bits per heavy atom. The average molecular weight is 282 g/mol. The summed E-state index contributed by atoms with van der Waals surface area (Å²) < 4.78 is 4.40. The summed E-state index contributed by atoms with van der Waals surface area (Å²) in [6.07, 6.45) is 0.0217. The molecule has 0 fully saturated rings. The molecule has 0 atom stereocenters. The number of esters is 1. The number of rotatable bonds is 5. The summed E-state index contributed by atoms with van der Waals surface area (Å²) in [6, 6.07) is 2.89. The van der Waals surface area contributed by atoms with Crippen LogP contribution in [0.1, 0.15) is 16.8 Å². The second-order valence-corrected chi connectivity index (χ2v) is 3.74. The molecule has 0 unspecified atom stereocenters. The first-order chi connectivity index (χ1) is 9.43. The first-order valence-electron chi connectivity index (χ1n) is 5.62. The summed E-state index contributed by atoms with van der Waals surface area (Å²) >= 11 is 0. The molecule has 0 aliphatic carbocycles. The minimum absolute atomic E-state index is 0.0217. The number of methoxy groups -OCH3 is 1. The first-order valence-corrected chi connectivity index (χ1v) is 5.62. The third kappa shape index (κ3) is 4.48.